The highest BCUT2D eigenvalue weighted by atomic mass is 32.2. The number of aromatic nitrogens is 1. The Labute approximate surface area is 188 Å². The minimum atomic E-state index is -3.65. The average Bonchev–Trinajstić information content (AvgIpc) is 2.79. The molecule has 0 aliphatic carbocycles. The highest BCUT2D eigenvalue weighted by Crippen LogP contribution is 2.36. The molecule has 0 saturated heterocycles. The molecular formula is C24H25FN4O2S. The summed E-state index contributed by atoms with van der Waals surface area (Å²) in [5, 5.41) is 2.40. The number of hydrogen-bond acceptors (Lipinski definition) is 4. The van der Waals surface area contributed by atoms with Gasteiger partial charge in [-0.1, -0.05) is 50.8 Å². The third-order valence-corrected chi connectivity index (χ3v) is 6.95. The largest absolute Gasteiger partial charge is 0.371 e. The number of sulfonamides is 1. The smallest absolute Gasteiger partial charge is 0.270 e. The lowest BCUT2D eigenvalue weighted by Gasteiger charge is -2.21. The van der Waals surface area contributed by atoms with Crippen molar-refractivity contribution in [3.63, 3.8) is 0 Å². The molecule has 3 aromatic rings. The first kappa shape index (κ1) is 23.4. The Morgan fingerprint density at radius 1 is 1.09 bits per heavy atom. The Morgan fingerprint density at radius 3 is 2.47 bits per heavy atom. The molecule has 0 spiro atoms. The fraction of sp³-hybridized carbons (Fsp3) is 0.250. The molecule has 2 aromatic carbocycles. The maximum Gasteiger partial charge on any atom is 0.270 e. The highest BCUT2D eigenvalue weighted by molar-refractivity contribution is 7.89. The van der Waals surface area contributed by atoms with E-state index in [2.05, 4.69) is 19.9 Å². The van der Waals surface area contributed by atoms with Crippen LogP contribution in [0.3, 0.4) is 0 Å². The maximum atomic E-state index is 14.4. The lowest BCUT2D eigenvalue weighted by molar-refractivity contribution is 0.574. The molecule has 166 valence electrons. The fourth-order valence-corrected chi connectivity index (χ4v) is 4.45. The summed E-state index contributed by atoms with van der Waals surface area (Å²) in [6.07, 6.45) is 1.50. The van der Waals surface area contributed by atoms with Crippen molar-refractivity contribution in [2.45, 2.75) is 31.9 Å². The minimum Gasteiger partial charge on any atom is -0.371 e. The van der Waals surface area contributed by atoms with Crippen LogP contribution in [0.15, 0.2) is 60.8 Å². The van der Waals surface area contributed by atoms with E-state index in [-0.39, 0.29) is 18.4 Å². The molecule has 0 aliphatic rings. The van der Waals surface area contributed by atoms with Crippen LogP contribution >= 0.6 is 0 Å². The van der Waals surface area contributed by atoms with Gasteiger partial charge >= 0.3 is 0 Å². The van der Waals surface area contributed by atoms with Gasteiger partial charge in [-0.2, -0.15) is 4.72 Å². The lowest BCUT2D eigenvalue weighted by atomic mass is 9.94. The second-order valence-electron chi connectivity index (χ2n) is 7.68. The lowest BCUT2D eigenvalue weighted by Crippen LogP contribution is -2.32. The van der Waals surface area contributed by atoms with Gasteiger partial charge in [0.1, 0.15) is 12.0 Å². The second-order valence-corrected chi connectivity index (χ2v) is 9.77. The Hall–Kier alpha value is -3.28. The normalized spacial score (nSPS) is 12.4. The van der Waals surface area contributed by atoms with E-state index >= 15 is 0 Å². The van der Waals surface area contributed by atoms with Crippen molar-refractivity contribution in [1.82, 2.24) is 9.71 Å². The third kappa shape index (κ3) is 5.31. The first-order chi connectivity index (χ1) is 15.2. The number of rotatable bonds is 8. The number of hydrogen-bond donors (Lipinski definition) is 2. The molecule has 1 aromatic heterocycles. The van der Waals surface area contributed by atoms with E-state index in [1.54, 1.807) is 43.3 Å². The zero-order chi connectivity index (χ0) is 23.3. The quantitative estimate of drug-likeness (QED) is 0.344. The molecule has 0 aliphatic heterocycles. The number of anilines is 1. The van der Waals surface area contributed by atoms with Crippen molar-refractivity contribution in [3.8, 4) is 11.1 Å². The molecule has 1 heterocycles. The molecule has 1 atom stereocenters. The van der Waals surface area contributed by atoms with E-state index in [1.165, 1.54) is 18.3 Å². The van der Waals surface area contributed by atoms with E-state index in [0.29, 0.717) is 27.9 Å². The molecule has 6 nitrogen and oxygen atoms in total. The van der Waals surface area contributed by atoms with Gasteiger partial charge in [0.2, 0.25) is 10.0 Å². The monoisotopic (exact) mass is 452 g/mol. The molecule has 0 fully saturated rings. The predicted octanol–water partition coefficient (Wildman–Crippen LogP) is 5.61. The number of halogens is 1. The highest BCUT2D eigenvalue weighted by Gasteiger charge is 2.22. The standard InChI is InChI=1S/C24H25FN4O2S/c1-16(2)21-13-20(25)14-22(19-10-11-27-23(12-19)26-4)24(21)28-15-29-32(30,31)17(3)18-8-6-5-7-9-18/h5-14,16-17,28-29H,15H2,1-3H3. The molecule has 0 amide bonds. The molecule has 2 N–H and O–H groups in total. The number of nitrogens with one attached hydrogen (secondary N) is 2. The third-order valence-electron chi connectivity index (χ3n) is 5.20. The van der Waals surface area contributed by atoms with Crippen molar-refractivity contribution in [2.75, 3.05) is 12.0 Å². The van der Waals surface area contributed by atoms with Gasteiger partial charge < -0.3 is 10.2 Å². The SMILES string of the molecule is [C-]#[N+]c1cc(-c2cc(F)cc(C(C)C)c2NCNS(=O)(=O)C(C)c2ccccc2)ccn1. The van der Waals surface area contributed by atoms with Crippen molar-refractivity contribution < 1.29 is 12.8 Å². The van der Waals surface area contributed by atoms with Crippen LogP contribution in [-0.2, 0) is 10.0 Å². The van der Waals surface area contributed by atoms with Crippen LogP contribution in [0.4, 0.5) is 15.9 Å². The molecule has 0 saturated carbocycles. The van der Waals surface area contributed by atoms with Gasteiger partial charge in [-0.3, -0.25) is 0 Å². The van der Waals surface area contributed by atoms with Crippen LogP contribution in [0.5, 0.6) is 0 Å². The van der Waals surface area contributed by atoms with E-state index in [9.17, 15) is 12.8 Å². The molecule has 0 radical (unpaired) electrons. The zero-order valence-corrected chi connectivity index (χ0v) is 18.9. The van der Waals surface area contributed by atoms with Crippen LogP contribution in [0.1, 0.15) is 43.1 Å². The molecular weight excluding hydrogens is 427 g/mol. The predicted molar refractivity (Wildman–Crippen MR) is 125 cm³/mol. The summed E-state index contributed by atoms with van der Waals surface area (Å²) in [5.74, 6) is -0.233. The summed E-state index contributed by atoms with van der Waals surface area (Å²) < 4.78 is 42.6. The summed E-state index contributed by atoms with van der Waals surface area (Å²) in [6, 6.07) is 15.1. The maximum absolute atomic E-state index is 14.4. The van der Waals surface area contributed by atoms with E-state index in [0.717, 1.165) is 0 Å². The van der Waals surface area contributed by atoms with Crippen molar-refractivity contribution in [1.29, 1.82) is 0 Å². The van der Waals surface area contributed by atoms with Gasteiger partial charge in [0.05, 0.1) is 11.9 Å². The van der Waals surface area contributed by atoms with Gasteiger partial charge in [-0.15, -0.1) is 4.98 Å². The van der Waals surface area contributed by atoms with Gasteiger partial charge in [0.15, 0.2) is 0 Å². The van der Waals surface area contributed by atoms with Gasteiger partial charge in [0.25, 0.3) is 5.82 Å². The molecule has 32 heavy (non-hydrogen) atoms. The van der Waals surface area contributed by atoms with Crippen LogP contribution < -0.4 is 10.0 Å². The van der Waals surface area contributed by atoms with E-state index < -0.39 is 21.1 Å². The summed E-state index contributed by atoms with van der Waals surface area (Å²) in [5.41, 5.74) is 3.16. The van der Waals surface area contributed by atoms with Crippen molar-refractivity contribution in [3.05, 3.63) is 89.2 Å². The first-order valence-electron chi connectivity index (χ1n) is 10.2. The van der Waals surface area contributed by atoms with Gasteiger partial charge in [-0.25, -0.2) is 12.8 Å². The molecule has 0 bridgehead atoms. The topological polar surface area (TPSA) is 75.5 Å². The minimum absolute atomic E-state index is 0.0195. The number of pyridine rings is 1. The first-order valence-corrected chi connectivity index (χ1v) is 11.7. The second kappa shape index (κ2) is 9.90. The Bertz CT molecular complexity index is 1240. The van der Waals surface area contributed by atoms with E-state index in [1.807, 2.05) is 19.9 Å². The molecule has 1 unspecified atom stereocenters. The van der Waals surface area contributed by atoms with Crippen LogP contribution in [-0.4, -0.2) is 20.1 Å². The molecule has 3 rings (SSSR count). The number of nitrogens with zero attached hydrogens (tertiary/aromatic N) is 2. The van der Waals surface area contributed by atoms with Crippen LogP contribution in [0.25, 0.3) is 16.0 Å². The Kier molecular flexibility index (Phi) is 7.23. The zero-order valence-electron chi connectivity index (χ0n) is 18.1. The average molecular weight is 453 g/mol. The summed E-state index contributed by atoms with van der Waals surface area (Å²) in [6.45, 7) is 12.6. The Balaban J connectivity index is 1.91. The molecule has 8 heteroatoms. The summed E-state index contributed by atoms with van der Waals surface area (Å²) in [7, 11) is -3.65. The van der Waals surface area contributed by atoms with Crippen LogP contribution in [0, 0.1) is 12.4 Å². The number of benzene rings is 2. The Morgan fingerprint density at radius 2 is 1.81 bits per heavy atom. The van der Waals surface area contributed by atoms with Gasteiger partial charge in [-0.05, 0) is 53.8 Å². The van der Waals surface area contributed by atoms with Crippen LogP contribution in [0.2, 0.25) is 0 Å². The summed E-state index contributed by atoms with van der Waals surface area (Å²) in [4.78, 5) is 7.32. The van der Waals surface area contributed by atoms with E-state index in [4.69, 9.17) is 6.57 Å². The van der Waals surface area contributed by atoms with Crippen molar-refractivity contribution in [2.24, 2.45) is 0 Å². The summed E-state index contributed by atoms with van der Waals surface area (Å²) >= 11 is 0. The van der Waals surface area contributed by atoms with Crippen molar-refractivity contribution >= 4 is 21.5 Å². The fourth-order valence-electron chi connectivity index (χ4n) is 3.41. The van der Waals surface area contributed by atoms with Gasteiger partial charge in [0, 0.05) is 11.3 Å².